The van der Waals surface area contributed by atoms with Crippen molar-refractivity contribution in [3.05, 3.63) is 34.9 Å². The lowest BCUT2D eigenvalue weighted by atomic mass is 9.65. The summed E-state index contributed by atoms with van der Waals surface area (Å²) in [6.45, 7) is 0. The van der Waals surface area contributed by atoms with Gasteiger partial charge in [-0.3, -0.25) is 0 Å². The van der Waals surface area contributed by atoms with Gasteiger partial charge < -0.3 is 0 Å². The largest absolute Gasteiger partial charge is 0.197 e. The molecule has 1 fully saturated rings. The van der Waals surface area contributed by atoms with Crippen LogP contribution in [0.4, 0.5) is 0 Å². The van der Waals surface area contributed by atoms with E-state index >= 15 is 0 Å². The fraction of sp³-hybridized carbons (Fsp3) is 0.364. The molecule has 0 spiro atoms. The molecule has 66 valence electrons. The van der Waals surface area contributed by atoms with Gasteiger partial charge in [0.05, 0.1) is 11.5 Å². The van der Waals surface area contributed by atoms with Crippen LogP contribution in [0.1, 0.15) is 24.8 Å². The molecule has 1 nitrogen and oxygen atoms in total. The van der Waals surface area contributed by atoms with Crippen LogP contribution in [0.25, 0.3) is 0 Å². The summed E-state index contributed by atoms with van der Waals surface area (Å²) in [6.07, 6.45) is 3.04. The summed E-state index contributed by atoms with van der Waals surface area (Å²) in [5.41, 5.74) is 0.726. The van der Waals surface area contributed by atoms with Crippen LogP contribution in [-0.2, 0) is 5.41 Å². The highest BCUT2D eigenvalue weighted by molar-refractivity contribution is 6.31. The number of hydrogen-bond donors (Lipinski definition) is 0. The van der Waals surface area contributed by atoms with Gasteiger partial charge in [-0.05, 0) is 30.9 Å². The number of hydrogen-bond acceptors (Lipinski definition) is 1. The normalized spacial score (nSPS) is 18.8. The third-order valence-electron chi connectivity index (χ3n) is 2.81. The number of nitrogens with zero attached hydrogens (tertiary/aromatic N) is 1. The minimum Gasteiger partial charge on any atom is -0.197 e. The number of nitriles is 1. The van der Waals surface area contributed by atoms with Crippen LogP contribution in [-0.4, -0.2) is 0 Å². The summed E-state index contributed by atoms with van der Waals surface area (Å²) in [4.78, 5) is 0. The minimum absolute atomic E-state index is 0.279. The van der Waals surface area contributed by atoms with Gasteiger partial charge in [0.2, 0.25) is 0 Å². The molecule has 0 atom stereocenters. The lowest BCUT2D eigenvalue weighted by Crippen LogP contribution is -2.32. The fourth-order valence-electron chi connectivity index (χ4n) is 1.82. The van der Waals surface area contributed by atoms with E-state index in [4.69, 9.17) is 16.9 Å². The Bertz CT molecular complexity index is 361. The Kier molecular flexibility index (Phi) is 2.01. The van der Waals surface area contributed by atoms with E-state index in [2.05, 4.69) is 6.07 Å². The van der Waals surface area contributed by atoms with Crippen molar-refractivity contribution in [1.82, 2.24) is 0 Å². The molecule has 1 saturated carbocycles. The van der Waals surface area contributed by atoms with E-state index in [9.17, 15) is 0 Å². The van der Waals surface area contributed by atoms with Crippen LogP contribution in [0.3, 0.4) is 0 Å². The van der Waals surface area contributed by atoms with Crippen LogP contribution >= 0.6 is 11.6 Å². The molecule has 0 aliphatic heterocycles. The smallest absolute Gasteiger partial charge is 0.0836 e. The molecule has 2 heteroatoms. The number of benzene rings is 1. The first-order valence-electron chi connectivity index (χ1n) is 4.45. The maximum absolute atomic E-state index is 9.11. The van der Waals surface area contributed by atoms with Gasteiger partial charge in [0.25, 0.3) is 0 Å². The maximum Gasteiger partial charge on any atom is 0.0836 e. The number of halogens is 1. The van der Waals surface area contributed by atoms with Crippen LogP contribution in [0.5, 0.6) is 0 Å². The maximum atomic E-state index is 9.11. The molecule has 1 aromatic carbocycles. The molecule has 13 heavy (non-hydrogen) atoms. The van der Waals surface area contributed by atoms with Gasteiger partial charge in [0.1, 0.15) is 0 Å². The van der Waals surface area contributed by atoms with Crippen molar-refractivity contribution in [2.45, 2.75) is 24.7 Å². The van der Waals surface area contributed by atoms with Crippen molar-refractivity contribution < 1.29 is 0 Å². The van der Waals surface area contributed by atoms with E-state index < -0.39 is 0 Å². The summed E-state index contributed by atoms with van der Waals surface area (Å²) < 4.78 is 0. The quantitative estimate of drug-likeness (QED) is 0.668. The van der Waals surface area contributed by atoms with Crippen molar-refractivity contribution in [1.29, 1.82) is 5.26 Å². The highest BCUT2D eigenvalue weighted by Crippen LogP contribution is 2.45. The van der Waals surface area contributed by atoms with Crippen molar-refractivity contribution >= 4 is 11.6 Å². The van der Waals surface area contributed by atoms with Crippen LogP contribution < -0.4 is 0 Å². The van der Waals surface area contributed by atoms with Gasteiger partial charge in [0, 0.05) is 5.02 Å². The molecule has 1 aromatic rings. The SMILES string of the molecule is N#CC1(c2ccccc2Cl)CCC1. The zero-order valence-electron chi connectivity index (χ0n) is 7.26. The van der Waals surface area contributed by atoms with Gasteiger partial charge >= 0.3 is 0 Å². The van der Waals surface area contributed by atoms with E-state index in [0.29, 0.717) is 0 Å². The summed E-state index contributed by atoms with van der Waals surface area (Å²) in [6, 6.07) is 10.0. The first-order valence-corrected chi connectivity index (χ1v) is 4.83. The molecule has 2 rings (SSSR count). The van der Waals surface area contributed by atoms with Crippen molar-refractivity contribution in [3.8, 4) is 6.07 Å². The molecular formula is C11H10ClN. The highest BCUT2D eigenvalue weighted by Gasteiger charge is 2.40. The highest BCUT2D eigenvalue weighted by atomic mass is 35.5. The Labute approximate surface area is 82.9 Å². The third kappa shape index (κ3) is 1.22. The molecule has 0 saturated heterocycles. The summed E-state index contributed by atoms with van der Waals surface area (Å²) >= 11 is 6.05. The van der Waals surface area contributed by atoms with Crippen LogP contribution in [0.15, 0.2) is 24.3 Å². The minimum atomic E-state index is -0.279. The van der Waals surface area contributed by atoms with E-state index in [-0.39, 0.29) is 5.41 Å². The van der Waals surface area contributed by atoms with Crippen molar-refractivity contribution in [2.75, 3.05) is 0 Å². The summed E-state index contributed by atoms with van der Waals surface area (Å²) in [5, 5.41) is 9.83. The predicted molar refractivity (Wildman–Crippen MR) is 52.6 cm³/mol. The van der Waals surface area contributed by atoms with Crippen molar-refractivity contribution in [3.63, 3.8) is 0 Å². The average molecular weight is 192 g/mol. The van der Waals surface area contributed by atoms with Gasteiger partial charge in [-0.2, -0.15) is 5.26 Å². The van der Waals surface area contributed by atoms with E-state index in [0.717, 1.165) is 29.8 Å². The first-order chi connectivity index (χ1) is 6.28. The molecule has 0 unspecified atom stereocenters. The molecule has 0 N–H and O–H groups in total. The Morgan fingerprint density at radius 1 is 1.31 bits per heavy atom. The third-order valence-corrected chi connectivity index (χ3v) is 3.14. The predicted octanol–water partition coefficient (Wildman–Crippen LogP) is 3.29. The fourth-order valence-corrected chi connectivity index (χ4v) is 2.14. The Morgan fingerprint density at radius 3 is 2.46 bits per heavy atom. The van der Waals surface area contributed by atoms with E-state index in [1.165, 1.54) is 0 Å². The molecule has 0 amide bonds. The topological polar surface area (TPSA) is 23.8 Å². The second kappa shape index (κ2) is 3.05. The Morgan fingerprint density at radius 2 is 2.00 bits per heavy atom. The average Bonchev–Trinajstić information content (AvgIpc) is 2.07. The molecule has 0 radical (unpaired) electrons. The zero-order valence-corrected chi connectivity index (χ0v) is 8.01. The Hall–Kier alpha value is -1.00. The lowest BCUT2D eigenvalue weighted by molar-refractivity contribution is 0.324. The first kappa shape index (κ1) is 8.59. The molecule has 1 aliphatic rings. The molecule has 1 aliphatic carbocycles. The van der Waals surface area contributed by atoms with Crippen LogP contribution in [0, 0.1) is 11.3 Å². The van der Waals surface area contributed by atoms with Gasteiger partial charge in [0.15, 0.2) is 0 Å². The van der Waals surface area contributed by atoms with Crippen LogP contribution in [0.2, 0.25) is 5.02 Å². The second-order valence-electron chi connectivity index (χ2n) is 3.53. The molecule has 0 aromatic heterocycles. The van der Waals surface area contributed by atoms with Crippen molar-refractivity contribution in [2.24, 2.45) is 0 Å². The standard InChI is InChI=1S/C11H10ClN/c12-10-5-2-1-4-9(10)11(8-13)6-3-7-11/h1-2,4-5H,3,6-7H2. The Balaban J connectivity index is 2.46. The lowest BCUT2D eigenvalue weighted by Gasteiger charge is -2.36. The van der Waals surface area contributed by atoms with Gasteiger partial charge in [-0.15, -0.1) is 0 Å². The van der Waals surface area contributed by atoms with E-state index in [1.807, 2.05) is 24.3 Å². The number of rotatable bonds is 1. The molecule has 0 heterocycles. The van der Waals surface area contributed by atoms with Gasteiger partial charge in [-0.25, -0.2) is 0 Å². The van der Waals surface area contributed by atoms with Gasteiger partial charge in [-0.1, -0.05) is 29.8 Å². The monoisotopic (exact) mass is 191 g/mol. The van der Waals surface area contributed by atoms with E-state index in [1.54, 1.807) is 0 Å². The summed E-state index contributed by atoms with van der Waals surface area (Å²) in [5.74, 6) is 0. The zero-order chi connectivity index (χ0) is 9.31. The molecule has 0 bridgehead atoms. The molecular weight excluding hydrogens is 182 g/mol. The summed E-state index contributed by atoms with van der Waals surface area (Å²) in [7, 11) is 0. The second-order valence-corrected chi connectivity index (χ2v) is 3.93.